The second-order valence-corrected chi connectivity index (χ2v) is 9.99. The molecule has 3 rings (SSSR count). The van der Waals surface area contributed by atoms with E-state index in [4.69, 9.17) is 4.74 Å². The Hall–Kier alpha value is -1.68. The van der Waals surface area contributed by atoms with Gasteiger partial charge in [0.1, 0.15) is 5.75 Å². The van der Waals surface area contributed by atoms with E-state index in [9.17, 15) is 0 Å². The molecule has 0 saturated heterocycles. The molecule has 2 aliphatic carbocycles. The first kappa shape index (κ1) is 24.0. The van der Waals surface area contributed by atoms with Crippen LogP contribution in [0.15, 0.2) is 36.4 Å². The van der Waals surface area contributed by atoms with Gasteiger partial charge in [-0.15, -0.1) is 0 Å². The Bertz CT molecular complexity index is 688. The summed E-state index contributed by atoms with van der Waals surface area (Å²) in [4.78, 5) is 0. The average molecular weight is 421 g/mol. The SMILES string of the molecule is CCCCC1CCC(/C=C/C#CC2CCC(COc3ccc(CCC)cc3)CC2)CC1. The van der Waals surface area contributed by atoms with Crippen LogP contribution in [0.5, 0.6) is 5.75 Å². The second kappa shape index (κ2) is 13.7. The highest BCUT2D eigenvalue weighted by molar-refractivity contribution is 5.27. The van der Waals surface area contributed by atoms with Gasteiger partial charge in [0.15, 0.2) is 0 Å². The van der Waals surface area contributed by atoms with Gasteiger partial charge in [-0.25, -0.2) is 0 Å². The van der Waals surface area contributed by atoms with Crippen LogP contribution in [-0.2, 0) is 6.42 Å². The molecule has 0 bridgehead atoms. The number of allylic oxidation sites excluding steroid dienone is 2. The number of hydrogen-bond acceptors (Lipinski definition) is 1. The highest BCUT2D eigenvalue weighted by Gasteiger charge is 2.21. The van der Waals surface area contributed by atoms with Crippen molar-refractivity contribution in [2.75, 3.05) is 6.61 Å². The Morgan fingerprint density at radius 1 is 0.871 bits per heavy atom. The van der Waals surface area contributed by atoms with E-state index in [0.29, 0.717) is 11.8 Å². The van der Waals surface area contributed by atoms with Gasteiger partial charge in [-0.05, 0) is 99.3 Å². The third-order valence-electron chi connectivity index (χ3n) is 7.39. The molecule has 0 spiro atoms. The quantitative estimate of drug-likeness (QED) is 0.364. The van der Waals surface area contributed by atoms with Crippen molar-refractivity contribution < 1.29 is 4.74 Å². The Kier molecular flexibility index (Phi) is 10.6. The third kappa shape index (κ3) is 8.76. The average Bonchev–Trinajstić information content (AvgIpc) is 2.82. The van der Waals surface area contributed by atoms with Gasteiger partial charge in [-0.2, -0.15) is 0 Å². The summed E-state index contributed by atoms with van der Waals surface area (Å²) >= 11 is 0. The van der Waals surface area contributed by atoms with Crippen LogP contribution < -0.4 is 4.74 Å². The van der Waals surface area contributed by atoms with Crippen molar-refractivity contribution in [1.82, 2.24) is 0 Å². The van der Waals surface area contributed by atoms with E-state index in [2.05, 4.69) is 62.1 Å². The molecule has 2 aliphatic rings. The van der Waals surface area contributed by atoms with Crippen LogP contribution in [0.3, 0.4) is 0 Å². The minimum absolute atomic E-state index is 0.582. The lowest BCUT2D eigenvalue weighted by molar-refractivity contribution is 0.196. The summed E-state index contributed by atoms with van der Waals surface area (Å²) in [6.07, 6.45) is 21.7. The third-order valence-corrected chi connectivity index (χ3v) is 7.39. The van der Waals surface area contributed by atoms with E-state index < -0.39 is 0 Å². The van der Waals surface area contributed by atoms with Crippen molar-refractivity contribution in [1.29, 1.82) is 0 Å². The van der Waals surface area contributed by atoms with Crippen LogP contribution in [0.1, 0.15) is 96.5 Å². The van der Waals surface area contributed by atoms with Gasteiger partial charge in [-0.3, -0.25) is 0 Å². The normalized spacial score (nSPS) is 26.4. The molecule has 0 heterocycles. The number of aryl methyl sites for hydroxylation is 1. The number of hydrogen-bond donors (Lipinski definition) is 0. The molecule has 31 heavy (non-hydrogen) atoms. The molecule has 0 radical (unpaired) electrons. The zero-order valence-corrected chi connectivity index (χ0v) is 20.1. The predicted molar refractivity (Wildman–Crippen MR) is 133 cm³/mol. The van der Waals surface area contributed by atoms with Crippen LogP contribution >= 0.6 is 0 Å². The first-order valence-electron chi connectivity index (χ1n) is 13.2. The molecular weight excluding hydrogens is 376 g/mol. The summed E-state index contributed by atoms with van der Waals surface area (Å²) in [6, 6.07) is 8.67. The smallest absolute Gasteiger partial charge is 0.119 e. The van der Waals surface area contributed by atoms with Crippen molar-refractivity contribution in [2.45, 2.75) is 97.3 Å². The van der Waals surface area contributed by atoms with Crippen molar-refractivity contribution >= 4 is 0 Å². The van der Waals surface area contributed by atoms with Gasteiger partial charge in [0.2, 0.25) is 0 Å². The van der Waals surface area contributed by atoms with Gasteiger partial charge in [0, 0.05) is 5.92 Å². The van der Waals surface area contributed by atoms with Crippen molar-refractivity contribution in [3.63, 3.8) is 0 Å². The van der Waals surface area contributed by atoms with Crippen LogP contribution in [0.2, 0.25) is 0 Å². The summed E-state index contributed by atoms with van der Waals surface area (Å²) in [5, 5.41) is 0. The maximum absolute atomic E-state index is 6.06. The summed E-state index contributed by atoms with van der Waals surface area (Å²) in [6.45, 7) is 5.39. The van der Waals surface area contributed by atoms with E-state index >= 15 is 0 Å². The first-order chi connectivity index (χ1) is 15.3. The van der Waals surface area contributed by atoms with Gasteiger partial charge in [0.25, 0.3) is 0 Å². The van der Waals surface area contributed by atoms with Gasteiger partial charge in [0.05, 0.1) is 6.61 Å². The first-order valence-corrected chi connectivity index (χ1v) is 13.2. The fourth-order valence-corrected chi connectivity index (χ4v) is 5.24. The minimum atomic E-state index is 0.582. The molecule has 0 unspecified atom stereocenters. The minimum Gasteiger partial charge on any atom is -0.493 e. The molecule has 170 valence electrons. The molecule has 0 aliphatic heterocycles. The maximum Gasteiger partial charge on any atom is 0.119 e. The monoisotopic (exact) mass is 420 g/mol. The molecule has 1 aromatic rings. The predicted octanol–water partition coefficient (Wildman–Crippen LogP) is 8.38. The molecule has 0 amide bonds. The summed E-state index contributed by atoms with van der Waals surface area (Å²) < 4.78 is 6.06. The molecule has 1 nitrogen and oxygen atoms in total. The molecule has 1 heteroatoms. The lowest BCUT2D eigenvalue weighted by atomic mass is 9.80. The fourth-order valence-electron chi connectivity index (χ4n) is 5.24. The molecule has 0 atom stereocenters. The van der Waals surface area contributed by atoms with Crippen molar-refractivity contribution in [2.24, 2.45) is 23.7 Å². The number of ether oxygens (including phenoxy) is 1. The zero-order chi connectivity index (χ0) is 21.7. The maximum atomic E-state index is 6.06. The topological polar surface area (TPSA) is 9.23 Å². The van der Waals surface area contributed by atoms with E-state index in [1.165, 1.54) is 82.6 Å². The summed E-state index contributed by atoms with van der Waals surface area (Å²) in [5.41, 5.74) is 1.41. The fraction of sp³-hybridized carbons (Fsp3) is 0.667. The Labute approximate surface area is 192 Å². The van der Waals surface area contributed by atoms with E-state index in [-0.39, 0.29) is 0 Å². The number of benzene rings is 1. The molecular formula is C30H44O. The van der Waals surface area contributed by atoms with Crippen LogP contribution in [0.25, 0.3) is 0 Å². The zero-order valence-electron chi connectivity index (χ0n) is 20.1. The second-order valence-electron chi connectivity index (χ2n) is 9.99. The molecule has 1 aromatic carbocycles. The molecule has 0 N–H and O–H groups in total. The van der Waals surface area contributed by atoms with Gasteiger partial charge in [-0.1, -0.05) is 69.6 Å². The van der Waals surface area contributed by atoms with Gasteiger partial charge < -0.3 is 4.74 Å². The highest BCUT2D eigenvalue weighted by Crippen LogP contribution is 2.32. The van der Waals surface area contributed by atoms with Crippen molar-refractivity contribution in [3.05, 3.63) is 42.0 Å². The molecule has 2 saturated carbocycles. The Morgan fingerprint density at radius 3 is 2.26 bits per heavy atom. The highest BCUT2D eigenvalue weighted by atomic mass is 16.5. The number of unbranched alkanes of at least 4 members (excludes halogenated alkanes) is 1. The van der Waals surface area contributed by atoms with E-state index in [1.807, 2.05) is 0 Å². The lowest BCUT2D eigenvalue weighted by Crippen LogP contribution is -2.19. The van der Waals surface area contributed by atoms with E-state index in [1.54, 1.807) is 0 Å². The standard InChI is InChI=1S/C30H44O/c1-3-5-9-26-12-14-27(15-13-26)10-6-7-11-28-16-18-29(19-17-28)24-31-30-22-20-25(8-4-2)21-23-30/h6,10,20-23,26-29H,3-5,8-9,12-19,24H2,1-2H3/b10-6+. The molecule has 2 fully saturated rings. The largest absolute Gasteiger partial charge is 0.493 e. The van der Waals surface area contributed by atoms with Crippen molar-refractivity contribution in [3.8, 4) is 17.6 Å². The van der Waals surface area contributed by atoms with Gasteiger partial charge >= 0.3 is 0 Å². The lowest BCUT2D eigenvalue weighted by Gasteiger charge is -2.26. The van der Waals surface area contributed by atoms with Crippen LogP contribution in [0, 0.1) is 35.5 Å². The Balaban J connectivity index is 1.30. The van der Waals surface area contributed by atoms with E-state index in [0.717, 1.165) is 30.6 Å². The summed E-state index contributed by atoms with van der Waals surface area (Å²) in [5.74, 6) is 11.0. The molecule has 0 aromatic heterocycles. The Morgan fingerprint density at radius 2 is 1.58 bits per heavy atom. The summed E-state index contributed by atoms with van der Waals surface area (Å²) in [7, 11) is 0. The number of rotatable bonds is 9. The van der Waals surface area contributed by atoms with Crippen LogP contribution in [0.4, 0.5) is 0 Å². The van der Waals surface area contributed by atoms with Crippen LogP contribution in [-0.4, -0.2) is 6.61 Å².